The third-order valence-electron chi connectivity index (χ3n) is 5.83. The number of carbonyl (C=O) groups excluding carboxylic acids is 1. The molecule has 1 atom stereocenters. The molecule has 10 heteroatoms. The van der Waals surface area contributed by atoms with Crippen LogP contribution < -0.4 is 10.5 Å². The van der Waals surface area contributed by atoms with E-state index in [0.717, 1.165) is 29.8 Å². The number of amides is 1. The third-order valence-corrected chi connectivity index (χ3v) is 5.83. The average molecular weight is 482 g/mol. The minimum atomic E-state index is -4.62. The van der Waals surface area contributed by atoms with E-state index in [1.165, 1.54) is 12.1 Å². The van der Waals surface area contributed by atoms with Crippen LogP contribution in [0.25, 0.3) is 33.7 Å². The molecule has 0 spiro atoms. The molecule has 2 N–H and O–H groups in total. The fraction of sp³-hybridized carbons (Fsp3) is 0.240. The van der Waals surface area contributed by atoms with E-state index in [9.17, 15) is 18.0 Å². The zero-order valence-corrected chi connectivity index (χ0v) is 18.5. The standard InChI is InChI=1S/C25H21F3N4O3/c26-25(27,28)19-13-15(9-10-21(19)34-16-5-2-1-3-6-16)24-30-23(31-35-24)18-7-4-8-20-17(18)11-12-32(20)14-22(29)33/h2,4-5,7-13,16H,1,3,6,14H2,(H2,29,33). The normalized spacial score (nSPS) is 16.0. The van der Waals surface area contributed by atoms with E-state index in [4.69, 9.17) is 15.0 Å². The van der Waals surface area contributed by atoms with Gasteiger partial charge in [0.15, 0.2) is 0 Å². The highest BCUT2D eigenvalue weighted by Crippen LogP contribution is 2.40. The van der Waals surface area contributed by atoms with Crippen LogP contribution in [0.15, 0.2) is 65.3 Å². The van der Waals surface area contributed by atoms with Gasteiger partial charge in [0.25, 0.3) is 5.89 Å². The van der Waals surface area contributed by atoms with Crippen molar-refractivity contribution in [3.8, 4) is 28.6 Å². The maximum absolute atomic E-state index is 13.8. The lowest BCUT2D eigenvalue weighted by Gasteiger charge is -2.21. The molecule has 0 aliphatic heterocycles. The maximum atomic E-state index is 13.8. The summed E-state index contributed by atoms with van der Waals surface area (Å²) in [5, 5.41) is 4.73. The van der Waals surface area contributed by atoms with Gasteiger partial charge in [0, 0.05) is 28.2 Å². The number of rotatable bonds is 6. The summed E-state index contributed by atoms with van der Waals surface area (Å²) in [6.07, 6.45) is 2.83. The monoisotopic (exact) mass is 482 g/mol. The molecule has 2 aromatic heterocycles. The molecule has 1 aliphatic carbocycles. The van der Waals surface area contributed by atoms with Crippen molar-refractivity contribution >= 4 is 16.8 Å². The molecule has 7 nitrogen and oxygen atoms in total. The molecule has 0 saturated heterocycles. The van der Waals surface area contributed by atoms with Gasteiger partial charge in [0.2, 0.25) is 11.7 Å². The summed E-state index contributed by atoms with van der Waals surface area (Å²) in [6.45, 7) is 0.00966. The number of allylic oxidation sites excluding steroid dienone is 1. The lowest BCUT2D eigenvalue weighted by atomic mass is 10.0. The smallest absolute Gasteiger partial charge is 0.419 e. The Labute approximate surface area is 198 Å². The van der Waals surface area contributed by atoms with Gasteiger partial charge in [-0.2, -0.15) is 18.2 Å². The van der Waals surface area contributed by atoms with Gasteiger partial charge in [-0.3, -0.25) is 4.79 Å². The number of primary amides is 1. The molecule has 0 radical (unpaired) electrons. The number of hydrogen-bond donors (Lipinski definition) is 1. The van der Waals surface area contributed by atoms with E-state index in [1.54, 1.807) is 35.0 Å². The quantitative estimate of drug-likeness (QED) is 0.374. The van der Waals surface area contributed by atoms with Crippen LogP contribution in [0.5, 0.6) is 5.75 Å². The van der Waals surface area contributed by atoms with E-state index >= 15 is 0 Å². The lowest BCUT2D eigenvalue weighted by Crippen LogP contribution is -2.18. The summed E-state index contributed by atoms with van der Waals surface area (Å²) in [7, 11) is 0. The second-order valence-corrected chi connectivity index (χ2v) is 8.30. The Morgan fingerprint density at radius 1 is 1.23 bits per heavy atom. The van der Waals surface area contributed by atoms with E-state index < -0.39 is 23.8 Å². The van der Waals surface area contributed by atoms with E-state index in [-0.39, 0.29) is 29.6 Å². The molecule has 0 saturated carbocycles. The number of carbonyl (C=O) groups is 1. The Kier molecular flexibility index (Phi) is 5.80. The lowest BCUT2D eigenvalue weighted by molar-refractivity contribution is -0.139. The molecule has 180 valence electrons. The fourth-order valence-corrected chi connectivity index (χ4v) is 4.20. The summed E-state index contributed by atoms with van der Waals surface area (Å²) >= 11 is 0. The maximum Gasteiger partial charge on any atom is 0.419 e. The van der Waals surface area contributed by atoms with Gasteiger partial charge in [0.05, 0.1) is 5.56 Å². The molecular weight excluding hydrogens is 461 g/mol. The van der Waals surface area contributed by atoms with Crippen molar-refractivity contribution in [3.05, 3.63) is 66.4 Å². The number of alkyl halides is 3. The fourth-order valence-electron chi connectivity index (χ4n) is 4.20. The number of fused-ring (bicyclic) bond motifs is 1. The number of nitrogens with zero attached hydrogens (tertiary/aromatic N) is 3. The van der Waals surface area contributed by atoms with Crippen LogP contribution in [0.4, 0.5) is 13.2 Å². The van der Waals surface area contributed by atoms with Crippen LogP contribution in [-0.2, 0) is 17.5 Å². The summed E-state index contributed by atoms with van der Waals surface area (Å²) in [6, 6.07) is 10.9. The number of halogens is 3. The topological polar surface area (TPSA) is 96.2 Å². The van der Waals surface area contributed by atoms with Crippen LogP contribution in [0.2, 0.25) is 0 Å². The second kappa shape index (κ2) is 8.94. The van der Waals surface area contributed by atoms with Crippen LogP contribution in [0.3, 0.4) is 0 Å². The van der Waals surface area contributed by atoms with Crippen molar-refractivity contribution in [2.45, 2.75) is 38.1 Å². The zero-order chi connectivity index (χ0) is 24.6. The first-order valence-electron chi connectivity index (χ1n) is 11.0. The highest BCUT2D eigenvalue weighted by molar-refractivity contribution is 5.94. The van der Waals surface area contributed by atoms with Gasteiger partial charge in [0.1, 0.15) is 18.4 Å². The van der Waals surface area contributed by atoms with Gasteiger partial charge < -0.3 is 19.6 Å². The molecule has 0 bridgehead atoms. The molecule has 2 aromatic carbocycles. The molecule has 1 amide bonds. The van der Waals surface area contributed by atoms with Gasteiger partial charge in [-0.15, -0.1) is 0 Å². The van der Waals surface area contributed by atoms with Gasteiger partial charge in [-0.1, -0.05) is 23.4 Å². The summed E-state index contributed by atoms with van der Waals surface area (Å²) < 4.78 is 54.2. The Morgan fingerprint density at radius 2 is 2.09 bits per heavy atom. The van der Waals surface area contributed by atoms with Crippen LogP contribution in [0, 0.1) is 0 Å². The van der Waals surface area contributed by atoms with Gasteiger partial charge >= 0.3 is 6.18 Å². The molecule has 5 rings (SSSR count). The van der Waals surface area contributed by atoms with E-state index in [0.29, 0.717) is 12.0 Å². The van der Waals surface area contributed by atoms with Crippen molar-refractivity contribution < 1.29 is 27.2 Å². The minimum absolute atomic E-state index is 0.00966. The number of aromatic nitrogens is 3. The van der Waals surface area contributed by atoms with Crippen molar-refractivity contribution in [3.63, 3.8) is 0 Å². The van der Waals surface area contributed by atoms with Crippen molar-refractivity contribution in [1.82, 2.24) is 14.7 Å². The van der Waals surface area contributed by atoms with Crippen molar-refractivity contribution in [2.75, 3.05) is 0 Å². The molecule has 1 unspecified atom stereocenters. The molecule has 35 heavy (non-hydrogen) atoms. The van der Waals surface area contributed by atoms with Crippen molar-refractivity contribution in [1.29, 1.82) is 0 Å². The first kappa shape index (κ1) is 22.7. The van der Waals surface area contributed by atoms with Crippen LogP contribution >= 0.6 is 0 Å². The third kappa shape index (κ3) is 4.64. The van der Waals surface area contributed by atoms with Gasteiger partial charge in [-0.25, -0.2) is 0 Å². The first-order valence-corrected chi connectivity index (χ1v) is 11.0. The highest BCUT2D eigenvalue weighted by Gasteiger charge is 2.36. The summed E-state index contributed by atoms with van der Waals surface area (Å²) in [5.41, 5.74) is 5.88. The number of hydrogen-bond acceptors (Lipinski definition) is 5. The first-order chi connectivity index (χ1) is 16.8. The zero-order valence-electron chi connectivity index (χ0n) is 18.5. The molecule has 4 aromatic rings. The molecule has 0 fully saturated rings. The van der Waals surface area contributed by atoms with Gasteiger partial charge in [-0.05, 0) is 55.7 Å². The largest absolute Gasteiger partial charge is 0.486 e. The Balaban J connectivity index is 1.49. The van der Waals surface area contributed by atoms with Crippen molar-refractivity contribution in [2.24, 2.45) is 5.73 Å². The van der Waals surface area contributed by atoms with E-state index in [2.05, 4.69) is 10.1 Å². The summed E-state index contributed by atoms with van der Waals surface area (Å²) in [5.74, 6) is -0.563. The highest BCUT2D eigenvalue weighted by atomic mass is 19.4. The summed E-state index contributed by atoms with van der Waals surface area (Å²) in [4.78, 5) is 15.7. The van der Waals surface area contributed by atoms with Crippen LogP contribution in [0.1, 0.15) is 24.8 Å². The number of ether oxygens (including phenoxy) is 1. The Bertz CT molecular complexity index is 1420. The average Bonchev–Trinajstić information content (AvgIpc) is 3.47. The minimum Gasteiger partial charge on any atom is -0.486 e. The predicted octanol–water partition coefficient (Wildman–Crippen LogP) is 5.35. The second-order valence-electron chi connectivity index (χ2n) is 8.30. The Morgan fingerprint density at radius 3 is 2.83 bits per heavy atom. The predicted molar refractivity (Wildman–Crippen MR) is 122 cm³/mol. The van der Waals surface area contributed by atoms with Crippen LogP contribution in [-0.4, -0.2) is 26.7 Å². The number of nitrogens with two attached hydrogens (primary N) is 1. The van der Waals surface area contributed by atoms with E-state index in [1.807, 2.05) is 12.1 Å². The SMILES string of the molecule is NC(=O)Cn1ccc2c(-c3noc(-c4ccc(OC5C=CCCC5)c(C(F)(F)F)c4)n3)cccc21. The molecule has 1 aliphatic rings. The Hall–Kier alpha value is -4.08. The molecule has 2 heterocycles. The molecular formula is C25H21F3N4O3. The number of benzene rings is 2.